The van der Waals surface area contributed by atoms with Crippen LogP contribution in [0.1, 0.15) is 45.8 Å². The molecule has 30 heavy (non-hydrogen) atoms. The topological polar surface area (TPSA) is 40.6 Å². The minimum absolute atomic E-state index is 0.0512. The van der Waals surface area contributed by atoms with E-state index in [2.05, 4.69) is 19.1 Å². The largest absolute Gasteiger partial charge is 0.332 e. The lowest BCUT2D eigenvalue weighted by Crippen LogP contribution is -2.50. The Hall–Kier alpha value is -2.44. The monoisotopic (exact) mass is 440 g/mol. The molecule has 3 rings (SSSR count). The Bertz CT molecular complexity index is 972. The molecule has 158 valence electrons. The number of amides is 2. The van der Waals surface area contributed by atoms with Crippen molar-refractivity contribution in [3.63, 3.8) is 0 Å². The van der Waals surface area contributed by atoms with Crippen molar-refractivity contribution < 1.29 is 9.59 Å². The summed E-state index contributed by atoms with van der Waals surface area (Å²) in [6.07, 6.45) is 0. The van der Waals surface area contributed by atoms with Gasteiger partial charge in [-0.2, -0.15) is 0 Å². The fraction of sp³-hybridized carbons (Fsp3) is 0.333. The van der Waals surface area contributed by atoms with Gasteiger partial charge >= 0.3 is 0 Å². The van der Waals surface area contributed by atoms with Gasteiger partial charge in [-0.15, -0.1) is 22.7 Å². The molecule has 2 aromatic heterocycles. The number of carbonyl (C=O) groups is 2. The molecule has 6 heteroatoms. The fourth-order valence-corrected chi connectivity index (χ4v) is 4.75. The molecule has 3 aromatic rings. The van der Waals surface area contributed by atoms with Crippen LogP contribution in [0.4, 0.5) is 0 Å². The first-order valence-electron chi connectivity index (χ1n) is 9.96. The van der Waals surface area contributed by atoms with Gasteiger partial charge in [0.2, 0.25) is 5.91 Å². The lowest BCUT2D eigenvalue weighted by Gasteiger charge is -2.36. The van der Waals surface area contributed by atoms with Crippen LogP contribution in [-0.4, -0.2) is 33.7 Å². The third-order valence-electron chi connectivity index (χ3n) is 4.79. The molecule has 0 N–H and O–H groups in total. The van der Waals surface area contributed by atoms with Crippen molar-refractivity contribution in [1.82, 2.24) is 9.80 Å². The van der Waals surface area contributed by atoms with Crippen molar-refractivity contribution >= 4 is 34.5 Å². The van der Waals surface area contributed by atoms with Gasteiger partial charge in [0.05, 0.1) is 11.4 Å². The molecule has 2 heterocycles. The molecular formula is C24H28N2O2S2. The van der Waals surface area contributed by atoms with E-state index < -0.39 is 5.54 Å². The number of hydrogen-bond acceptors (Lipinski definition) is 4. The highest BCUT2D eigenvalue weighted by Gasteiger charge is 2.31. The minimum Gasteiger partial charge on any atom is -0.332 e. The van der Waals surface area contributed by atoms with Crippen LogP contribution in [0.3, 0.4) is 0 Å². The summed E-state index contributed by atoms with van der Waals surface area (Å²) in [6, 6.07) is 17.8. The molecule has 0 aliphatic carbocycles. The summed E-state index contributed by atoms with van der Waals surface area (Å²) >= 11 is 3.10. The van der Waals surface area contributed by atoms with Gasteiger partial charge in [0.1, 0.15) is 6.54 Å². The van der Waals surface area contributed by atoms with E-state index in [1.165, 1.54) is 16.2 Å². The summed E-state index contributed by atoms with van der Waals surface area (Å²) < 4.78 is 0. The molecule has 0 aliphatic rings. The van der Waals surface area contributed by atoms with Crippen molar-refractivity contribution in [2.75, 3.05) is 6.54 Å². The van der Waals surface area contributed by atoms with Gasteiger partial charge in [-0.1, -0.05) is 36.4 Å². The summed E-state index contributed by atoms with van der Waals surface area (Å²) in [5.74, 6) is -0.151. The molecule has 0 fully saturated rings. The normalized spacial score (nSPS) is 11.3. The summed E-state index contributed by atoms with van der Waals surface area (Å²) in [6.45, 7) is 9.08. The maximum Gasteiger partial charge on any atom is 0.264 e. The van der Waals surface area contributed by atoms with E-state index in [0.717, 1.165) is 10.4 Å². The average molecular weight is 441 g/mol. The van der Waals surface area contributed by atoms with E-state index in [4.69, 9.17) is 0 Å². The number of aryl methyl sites for hydroxylation is 1. The second-order valence-electron chi connectivity index (χ2n) is 8.29. The highest BCUT2D eigenvalue weighted by molar-refractivity contribution is 7.12. The zero-order chi connectivity index (χ0) is 21.7. The first-order chi connectivity index (χ1) is 14.2. The van der Waals surface area contributed by atoms with E-state index in [1.807, 2.05) is 73.5 Å². The van der Waals surface area contributed by atoms with Crippen LogP contribution in [0.2, 0.25) is 0 Å². The second-order valence-corrected chi connectivity index (χ2v) is 10.6. The Balaban J connectivity index is 1.83. The van der Waals surface area contributed by atoms with Crippen LogP contribution < -0.4 is 0 Å². The van der Waals surface area contributed by atoms with E-state index >= 15 is 0 Å². The van der Waals surface area contributed by atoms with Crippen LogP contribution in [0.5, 0.6) is 0 Å². The van der Waals surface area contributed by atoms with Gasteiger partial charge in [0.15, 0.2) is 0 Å². The molecule has 0 radical (unpaired) electrons. The first-order valence-corrected chi connectivity index (χ1v) is 11.7. The fourth-order valence-electron chi connectivity index (χ4n) is 3.18. The van der Waals surface area contributed by atoms with Gasteiger partial charge in [-0.3, -0.25) is 9.59 Å². The van der Waals surface area contributed by atoms with Crippen molar-refractivity contribution in [3.05, 3.63) is 80.2 Å². The molecule has 0 atom stereocenters. The number of thiophene rings is 2. The molecule has 0 unspecified atom stereocenters. The van der Waals surface area contributed by atoms with Gasteiger partial charge in [-0.05, 0) is 56.8 Å². The van der Waals surface area contributed by atoms with Crippen molar-refractivity contribution in [2.24, 2.45) is 0 Å². The highest BCUT2D eigenvalue weighted by Crippen LogP contribution is 2.22. The molecule has 4 nitrogen and oxygen atoms in total. The maximum absolute atomic E-state index is 13.4. The molecule has 0 spiro atoms. The van der Waals surface area contributed by atoms with Crippen molar-refractivity contribution in [2.45, 2.75) is 46.3 Å². The van der Waals surface area contributed by atoms with Crippen LogP contribution in [0.25, 0.3) is 0 Å². The number of benzene rings is 1. The lowest BCUT2D eigenvalue weighted by atomic mass is 10.1. The number of carbonyl (C=O) groups excluding carboxylic acids is 2. The lowest BCUT2D eigenvalue weighted by molar-refractivity contribution is -0.134. The smallest absolute Gasteiger partial charge is 0.264 e. The quantitative estimate of drug-likeness (QED) is 0.481. The van der Waals surface area contributed by atoms with Crippen molar-refractivity contribution in [3.8, 4) is 0 Å². The van der Waals surface area contributed by atoms with Crippen LogP contribution in [0.15, 0.2) is 60.0 Å². The third kappa shape index (κ3) is 5.80. The maximum atomic E-state index is 13.4. The van der Waals surface area contributed by atoms with Crippen molar-refractivity contribution in [1.29, 1.82) is 0 Å². The van der Waals surface area contributed by atoms with Gasteiger partial charge in [0.25, 0.3) is 5.91 Å². The Morgan fingerprint density at radius 1 is 0.933 bits per heavy atom. The highest BCUT2D eigenvalue weighted by atomic mass is 32.1. The summed E-state index contributed by atoms with van der Waals surface area (Å²) in [5.41, 5.74) is 0.611. The van der Waals surface area contributed by atoms with Crippen LogP contribution >= 0.6 is 22.7 Å². The second kappa shape index (κ2) is 9.58. The summed E-state index contributed by atoms with van der Waals surface area (Å²) in [4.78, 5) is 33.1. The van der Waals surface area contributed by atoms with E-state index in [9.17, 15) is 9.59 Å². The molecular weight excluding hydrogens is 412 g/mol. The van der Waals surface area contributed by atoms with E-state index in [-0.39, 0.29) is 18.4 Å². The average Bonchev–Trinajstić information content (AvgIpc) is 3.37. The Morgan fingerprint density at radius 2 is 1.67 bits per heavy atom. The van der Waals surface area contributed by atoms with Gasteiger partial charge in [-0.25, -0.2) is 0 Å². The first kappa shape index (κ1) is 22.2. The van der Waals surface area contributed by atoms with Crippen LogP contribution in [-0.2, 0) is 17.9 Å². The summed E-state index contributed by atoms with van der Waals surface area (Å²) in [5, 5.41) is 1.89. The van der Waals surface area contributed by atoms with Gasteiger partial charge in [0, 0.05) is 21.8 Å². The zero-order valence-corrected chi connectivity index (χ0v) is 19.6. The molecule has 0 bridgehead atoms. The number of nitrogens with zero attached hydrogens (tertiary/aromatic N) is 2. The molecule has 2 amide bonds. The molecule has 0 saturated carbocycles. The van der Waals surface area contributed by atoms with E-state index in [1.54, 1.807) is 16.2 Å². The molecule has 0 saturated heterocycles. The van der Waals surface area contributed by atoms with Crippen LogP contribution in [0, 0.1) is 6.92 Å². The predicted octanol–water partition coefficient (Wildman–Crippen LogP) is 5.59. The summed E-state index contributed by atoms with van der Waals surface area (Å²) in [7, 11) is 0. The minimum atomic E-state index is -0.464. The molecule has 0 aliphatic heterocycles. The predicted molar refractivity (Wildman–Crippen MR) is 125 cm³/mol. The van der Waals surface area contributed by atoms with Gasteiger partial charge < -0.3 is 9.80 Å². The molecule has 1 aromatic carbocycles. The zero-order valence-electron chi connectivity index (χ0n) is 17.9. The third-order valence-corrected chi connectivity index (χ3v) is 6.64. The number of rotatable bonds is 7. The van der Waals surface area contributed by atoms with E-state index in [0.29, 0.717) is 18.0 Å². The SMILES string of the molecule is Cc1ccc(CN(Cc2ccccc2)C(=O)CN(C(=O)c2cccs2)C(C)(C)C)s1. The Morgan fingerprint density at radius 3 is 2.23 bits per heavy atom. The Kier molecular flexibility index (Phi) is 7.10. The standard InChI is InChI=1S/C24H28N2O2S2/c1-18-12-13-20(30-18)16-25(15-19-9-6-5-7-10-19)22(27)17-26(24(2,3)4)23(28)21-11-8-14-29-21/h5-14H,15-17H2,1-4H3. The number of hydrogen-bond donors (Lipinski definition) is 0. The Labute approximate surface area is 186 Å².